The molecule has 2 aliphatic heterocycles. The Morgan fingerprint density at radius 1 is 1.17 bits per heavy atom. The highest BCUT2D eigenvalue weighted by atomic mass is 19.4. The van der Waals surface area contributed by atoms with Gasteiger partial charge in [-0.05, 0) is 42.7 Å². The average Bonchev–Trinajstić information content (AvgIpc) is 2.96. The van der Waals surface area contributed by atoms with Crippen LogP contribution in [0.15, 0.2) is 30.5 Å². The number of fused-ring (bicyclic) bond motifs is 1. The molecule has 1 unspecified atom stereocenters. The van der Waals surface area contributed by atoms with Gasteiger partial charge in [0.1, 0.15) is 6.04 Å². The molecule has 3 amide bonds. The van der Waals surface area contributed by atoms with Gasteiger partial charge >= 0.3 is 6.18 Å². The van der Waals surface area contributed by atoms with Crippen LogP contribution in [0, 0.1) is 6.92 Å². The molecule has 2 aliphatic rings. The minimum Gasteiger partial charge on any atom is -0.322 e. The van der Waals surface area contributed by atoms with Gasteiger partial charge in [0.2, 0.25) is 11.8 Å². The first kappa shape index (κ1) is 19.1. The number of imide groups is 1. The van der Waals surface area contributed by atoms with E-state index in [1.54, 1.807) is 18.2 Å². The SMILES string of the molecule is Cc1cc(-c2ccc3c(c2)CN(C2CCC(=O)NC2=O)C3=O)ncc1C(F)(F)F. The van der Waals surface area contributed by atoms with Crippen LogP contribution >= 0.6 is 0 Å². The number of carbonyl (C=O) groups is 3. The minimum atomic E-state index is -4.47. The van der Waals surface area contributed by atoms with Crippen molar-refractivity contribution in [3.05, 3.63) is 52.7 Å². The molecule has 150 valence electrons. The Labute approximate surface area is 163 Å². The van der Waals surface area contributed by atoms with E-state index in [1.165, 1.54) is 17.9 Å². The molecule has 0 saturated carbocycles. The molecule has 0 aliphatic carbocycles. The number of halogens is 3. The lowest BCUT2D eigenvalue weighted by molar-refractivity contribution is -0.138. The van der Waals surface area contributed by atoms with E-state index in [9.17, 15) is 27.6 Å². The van der Waals surface area contributed by atoms with Crippen LogP contribution < -0.4 is 5.32 Å². The number of aromatic nitrogens is 1. The first-order chi connectivity index (χ1) is 13.6. The van der Waals surface area contributed by atoms with Crippen molar-refractivity contribution in [2.75, 3.05) is 0 Å². The van der Waals surface area contributed by atoms with Crippen molar-refractivity contribution < 1.29 is 27.6 Å². The Bertz CT molecular complexity index is 1050. The number of benzene rings is 1. The molecule has 9 heteroatoms. The number of hydrogen-bond donors (Lipinski definition) is 1. The van der Waals surface area contributed by atoms with E-state index >= 15 is 0 Å². The predicted molar refractivity (Wildman–Crippen MR) is 95.5 cm³/mol. The van der Waals surface area contributed by atoms with E-state index in [1.807, 2.05) is 0 Å². The third kappa shape index (κ3) is 3.37. The van der Waals surface area contributed by atoms with Crippen molar-refractivity contribution in [2.45, 2.75) is 38.5 Å². The molecule has 2 aromatic rings. The molecule has 1 N–H and O–H groups in total. The molecular formula is C20H16F3N3O3. The van der Waals surface area contributed by atoms with E-state index in [4.69, 9.17) is 0 Å². The number of rotatable bonds is 2. The molecule has 0 radical (unpaired) electrons. The molecule has 1 saturated heterocycles. The van der Waals surface area contributed by atoms with Crippen molar-refractivity contribution in [1.29, 1.82) is 0 Å². The highest BCUT2D eigenvalue weighted by Gasteiger charge is 2.39. The van der Waals surface area contributed by atoms with Gasteiger partial charge in [0.15, 0.2) is 0 Å². The van der Waals surface area contributed by atoms with Crippen molar-refractivity contribution in [2.24, 2.45) is 0 Å². The van der Waals surface area contributed by atoms with Gasteiger partial charge in [0, 0.05) is 30.3 Å². The Kier molecular flexibility index (Phi) is 4.40. The summed E-state index contributed by atoms with van der Waals surface area (Å²) in [5.74, 6) is -1.17. The normalized spacial score (nSPS) is 19.4. The van der Waals surface area contributed by atoms with Crippen LogP contribution in [0.5, 0.6) is 0 Å². The summed E-state index contributed by atoms with van der Waals surface area (Å²) in [5, 5.41) is 2.24. The molecule has 3 heterocycles. The fourth-order valence-electron chi connectivity index (χ4n) is 3.74. The van der Waals surface area contributed by atoms with Crippen molar-refractivity contribution >= 4 is 17.7 Å². The lowest BCUT2D eigenvalue weighted by atomic mass is 10.0. The molecule has 0 bridgehead atoms. The lowest BCUT2D eigenvalue weighted by Gasteiger charge is -2.29. The van der Waals surface area contributed by atoms with Gasteiger partial charge in [-0.3, -0.25) is 24.7 Å². The zero-order valence-corrected chi connectivity index (χ0v) is 15.3. The smallest absolute Gasteiger partial charge is 0.322 e. The van der Waals surface area contributed by atoms with Crippen molar-refractivity contribution in [3.8, 4) is 11.3 Å². The topological polar surface area (TPSA) is 79.4 Å². The zero-order valence-electron chi connectivity index (χ0n) is 15.3. The van der Waals surface area contributed by atoms with E-state index in [-0.39, 0.29) is 36.8 Å². The van der Waals surface area contributed by atoms with Crippen molar-refractivity contribution in [3.63, 3.8) is 0 Å². The summed E-state index contributed by atoms with van der Waals surface area (Å²) in [6.45, 7) is 1.56. The maximum atomic E-state index is 12.9. The van der Waals surface area contributed by atoms with Gasteiger partial charge in [-0.15, -0.1) is 0 Å². The van der Waals surface area contributed by atoms with Crippen LogP contribution in [0.25, 0.3) is 11.3 Å². The summed E-state index contributed by atoms with van der Waals surface area (Å²) in [5.41, 5.74) is 1.31. The minimum absolute atomic E-state index is 0.0595. The van der Waals surface area contributed by atoms with E-state index in [2.05, 4.69) is 10.3 Å². The number of pyridine rings is 1. The third-order valence-corrected chi connectivity index (χ3v) is 5.24. The molecule has 1 atom stereocenters. The predicted octanol–water partition coefficient (Wildman–Crippen LogP) is 2.84. The quantitative estimate of drug-likeness (QED) is 0.783. The average molecular weight is 403 g/mol. The van der Waals surface area contributed by atoms with E-state index < -0.39 is 23.7 Å². The molecule has 6 nitrogen and oxygen atoms in total. The maximum Gasteiger partial charge on any atom is 0.418 e. The second-order valence-electron chi connectivity index (χ2n) is 7.15. The van der Waals surface area contributed by atoms with Crippen LogP contribution in [0.2, 0.25) is 0 Å². The Morgan fingerprint density at radius 2 is 1.93 bits per heavy atom. The molecule has 1 fully saturated rings. The molecule has 29 heavy (non-hydrogen) atoms. The molecule has 1 aromatic heterocycles. The molecule has 0 spiro atoms. The second-order valence-corrected chi connectivity index (χ2v) is 7.15. The number of nitrogens with one attached hydrogen (secondary N) is 1. The van der Waals surface area contributed by atoms with Gasteiger partial charge in [-0.25, -0.2) is 0 Å². The van der Waals surface area contributed by atoms with Gasteiger partial charge in [-0.1, -0.05) is 6.07 Å². The number of nitrogens with zero attached hydrogens (tertiary/aromatic N) is 2. The molecular weight excluding hydrogens is 387 g/mol. The fourth-order valence-corrected chi connectivity index (χ4v) is 3.74. The summed E-state index contributed by atoms with van der Waals surface area (Å²) in [6.07, 6.45) is -3.24. The Morgan fingerprint density at radius 3 is 2.59 bits per heavy atom. The number of alkyl halides is 3. The summed E-state index contributed by atoms with van der Waals surface area (Å²) in [6, 6.07) is 5.56. The van der Waals surface area contributed by atoms with Crippen LogP contribution in [0.3, 0.4) is 0 Å². The third-order valence-electron chi connectivity index (χ3n) is 5.24. The molecule has 4 rings (SSSR count). The number of aryl methyl sites for hydroxylation is 1. The van der Waals surface area contributed by atoms with Crippen LogP contribution in [0.1, 0.15) is 39.9 Å². The highest BCUT2D eigenvalue weighted by Crippen LogP contribution is 2.34. The van der Waals surface area contributed by atoms with Gasteiger partial charge < -0.3 is 4.90 Å². The maximum absolute atomic E-state index is 12.9. The number of piperidine rings is 1. The van der Waals surface area contributed by atoms with E-state index in [0.717, 1.165) is 6.20 Å². The summed E-state index contributed by atoms with van der Waals surface area (Å²) in [4.78, 5) is 41.5. The Balaban J connectivity index is 1.62. The standard InChI is InChI=1S/C20H16F3N3O3/c1-10-6-15(24-8-14(10)20(21,22)23)11-2-3-13-12(7-11)9-26(19(13)29)16-4-5-17(27)25-18(16)28/h2-3,6-8,16H,4-5,9H2,1H3,(H,25,27,28). The number of hydrogen-bond acceptors (Lipinski definition) is 4. The Hall–Kier alpha value is -3.23. The molecule has 1 aromatic carbocycles. The van der Waals surface area contributed by atoms with Crippen molar-refractivity contribution in [1.82, 2.24) is 15.2 Å². The van der Waals surface area contributed by atoms with Crippen LogP contribution in [-0.2, 0) is 22.3 Å². The van der Waals surface area contributed by atoms with Crippen LogP contribution in [-0.4, -0.2) is 33.6 Å². The van der Waals surface area contributed by atoms with Gasteiger partial charge in [0.25, 0.3) is 5.91 Å². The lowest BCUT2D eigenvalue weighted by Crippen LogP contribution is -2.52. The fraction of sp³-hybridized carbons (Fsp3) is 0.300. The van der Waals surface area contributed by atoms with Gasteiger partial charge in [-0.2, -0.15) is 13.2 Å². The largest absolute Gasteiger partial charge is 0.418 e. The summed E-state index contributed by atoms with van der Waals surface area (Å²) in [7, 11) is 0. The zero-order chi connectivity index (χ0) is 20.9. The highest BCUT2D eigenvalue weighted by molar-refractivity contribution is 6.05. The number of amides is 3. The first-order valence-electron chi connectivity index (χ1n) is 8.97. The summed E-state index contributed by atoms with van der Waals surface area (Å²) >= 11 is 0. The van der Waals surface area contributed by atoms with E-state index in [0.29, 0.717) is 22.4 Å². The summed E-state index contributed by atoms with van der Waals surface area (Å²) < 4.78 is 38.8. The first-order valence-corrected chi connectivity index (χ1v) is 8.97. The second kappa shape index (κ2) is 6.68. The monoisotopic (exact) mass is 403 g/mol. The van der Waals surface area contributed by atoms with Crippen LogP contribution in [0.4, 0.5) is 13.2 Å². The number of carbonyl (C=O) groups excluding carboxylic acids is 3. The van der Waals surface area contributed by atoms with Gasteiger partial charge in [0.05, 0.1) is 11.3 Å².